The average Bonchev–Trinajstić information content (AvgIpc) is 2.29. The van der Waals surface area contributed by atoms with Crippen LogP contribution < -0.4 is 0 Å². The monoisotopic (exact) mass is 204 g/mol. The highest BCUT2D eigenvalue weighted by molar-refractivity contribution is 6.09. The van der Waals surface area contributed by atoms with Crippen LogP contribution in [0, 0.1) is 0 Å². The van der Waals surface area contributed by atoms with Gasteiger partial charge >= 0.3 is 0 Å². The molecule has 0 aromatic heterocycles. The first-order valence-electron chi connectivity index (χ1n) is 5.86. The van der Waals surface area contributed by atoms with Gasteiger partial charge in [0.15, 0.2) is 0 Å². The SMILES string of the molecule is c1ccc2c(c1)ccc1c3c(ccc12)CC3. The summed E-state index contributed by atoms with van der Waals surface area (Å²) in [6, 6.07) is 17.8. The minimum Gasteiger partial charge on any atom is -0.0616 e. The van der Waals surface area contributed by atoms with Gasteiger partial charge in [0.2, 0.25) is 0 Å². The molecule has 4 rings (SSSR count). The van der Waals surface area contributed by atoms with Gasteiger partial charge in [0, 0.05) is 0 Å². The first kappa shape index (κ1) is 8.35. The van der Waals surface area contributed by atoms with Gasteiger partial charge in [-0.05, 0) is 45.5 Å². The van der Waals surface area contributed by atoms with E-state index in [1.807, 2.05) is 0 Å². The normalized spacial score (nSPS) is 13.8. The smallest absolute Gasteiger partial charge is 0.0102 e. The van der Waals surface area contributed by atoms with Crippen LogP contribution in [0.15, 0.2) is 48.5 Å². The Morgan fingerprint density at radius 3 is 2.38 bits per heavy atom. The van der Waals surface area contributed by atoms with Gasteiger partial charge in [-0.2, -0.15) is 0 Å². The van der Waals surface area contributed by atoms with Crippen LogP contribution in [-0.2, 0) is 12.8 Å². The van der Waals surface area contributed by atoms with Crippen molar-refractivity contribution >= 4 is 21.5 Å². The highest BCUT2D eigenvalue weighted by Crippen LogP contribution is 2.34. The Morgan fingerprint density at radius 2 is 1.50 bits per heavy atom. The quantitative estimate of drug-likeness (QED) is 0.484. The molecule has 0 nitrogen and oxygen atoms in total. The van der Waals surface area contributed by atoms with Crippen molar-refractivity contribution in [2.75, 3.05) is 0 Å². The van der Waals surface area contributed by atoms with Crippen LogP contribution in [-0.4, -0.2) is 0 Å². The molecule has 0 amide bonds. The van der Waals surface area contributed by atoms with Crippen molar-refractivity contribution in [2.24, 2.45) is 0 Å². The maximum Gasteiger partial charge on any atom is -0.0102 e. The molecule has 0 heteroatoms. The molecule has 76 valence electrons. The number of aryl methyl sites for hydroxylation is 2. The van der Waals surface area contributed by atoms with E-state index in [-0.39, 0.29) is 0 Å². The lowest BCUT2D eigenvalue weighted by Crippen LogP contribution is -2.08. The predicted octanol–water partition coefficient (Wildman–Crippen LogP) is 4.09. The number of benzene rings is 3. The molecule has 0 spiro atoms. The zero-order chi connectivity index (χ0) is 10.5. The molecular weight excluding hydrogens is 192 g/mol. The molecule has 0 atom stereocenters. The van der Waals surface area contributed by atoms with Crippen LogP contribution in [0.5, 0.6) is 0 Å². The second kappa shape index (κ2) is 2.85. The molecule has 16 heavy (non-hydrogen) atoms. The summed E-state index contributed by atoms with van der Waals surface area (Å²) < 4.78 is 0. The lowest BCUT2D eigenvalue weighted by Gasteiger charge is -2.21. The van der Waals surface area contributed by atoms with E-state index < -0.39 is 0 Å². The highest BCUT2D eigenvalue weighted by Gasteiger charge is 2.16. The van der Waals surface area contributed by atoms with Crippen LogP contribution in [0.2, 0.25) is 0 Å². The Kier molecular flexibility index (Phi) is 1.49. The number of hydrogen-bond donors (Lipinski definition) is 0. The maximum absolute atomic E-state index is 2.30. The Morgan fingerprint density at radius 1 is 0.625 bits per heavy atom. The van der Waals surface area contributed by atoms with E-state index in [1.165, 1.54) is 34.4 Å². The van der Waals surface area contributed by atoms with E-state index in [1.54, 1.807) is 11.1 Å². The highest BCUT2D eigenvalue weighted by atomic mass is 14.2. The third-order valence-corrected chi connectivity index (χ3v) is 3.78. The molecule has 1 aliphatic rings. The van der Waals surface area contributed by atoms with Gasteiger partial charge in [-0.3, -0.25) is 0 Å². The zero-order valence-corrected chi connectivity index (χ0v) is 9.03. The van der Waals surface area contributed by atoms with Crippen molar-refractivity contribution < 1.29 is 0 Å². The van der Waals surface area contributed by atoms with Crippen LogP contribution in [0.3, 0.4) is 0 Å². The molecular formula is C16H12. The summed E-state index contributed by atoms with van der Waals surface area (Å²) in [5.41, 5.74) is 3.12. The molecule has 0 unspecified atom stereocenters. The third kappa shape index (κ3) is 0.943. The molecule has 0 radical (unpaired) electrons. The Hall–Kier alpha value is -1.82. The number of fused-ring (bicyclic) bond motifs is 5. The van der Waals surface area contributed by atoms with Gasteiger partial charge in [-0.25, -0.2) is 0 Å². The van der Waals surface area contributed by atoms with Crippen molar-refractivity contribution in [3.63, 3.8) is 0 Å². The Bertz CT molecular complexity index is 708. The van der Waals surface area contributed by atoms with Gasteiger partial charge in [0.05, 0.1) is 0 Å². The van der Waals surface area contributed by atoms with Crippen molar-refractivity contribution in [3.8, 4) is 0 Å². The summed E-state index contributed by atoms with van der Waals surface area (Å²) in [5.74, 6) is 0. The van der Waals surface area contributed by atoms with E-state index in [0.717, 1.165) is 0 Å². The minimum absolute atomic E-state index is 1.25. The van der Waals surface area contributed by atoms with Crippen molar-refractivity contribution in [3.05, 3.63) is 59.7 Å². The molecule has 0 N–H and O–H groups in total. The van der Waals surface area contributed by atoms with Crippen molar-refractivity contribution in [1.29, 1.82) is 0 Å². The van der Waals surface area contributed by atoms with E-state index in [0.29, 0.717) is 0 Å². The van der Waals surface area contributed by atoms with E-state index in [2.05, 4.69) is 48.5 Å². The van der Waals surface area contributed by atoms with Gasteiger partial charge in [0.1, 0.15) is 0 Å². The summed E-state index contributed by atoms with van der Waals surface area (Å²) in [6.45, 7) is 0. The molecule has 0 heterocycles. The molecule has 3 aromatic rings. The first-order chi connectivity index (χ1) is 7.93. The Labute approximate surface area is 94.5 Å². The second-order valence-electron chi connectivity index (χ2n) is 4.59. The largest absolute Gasteiger partial charge is 0.0616 e. The maximum atomic E-state index is 2.30. The fourth-order valence-electron chi connectivity index (χ4n) is 2.81. The van der Waals surface area contributed by atoms with E-state index in [9.17, 15) is 0 Å². The van der Waals surface area contributed by atoms with Gasteiger partial charge in [-0.15, -0.1) is 0 Å². The number of rotatable bonds is 0. The predicted molar refractivity (Wildman–Crippen MR) is 68.9 cm³/mol. The fraction of sp³-hybridized carbons (Fsp3) is 0.125. The van der Waals surface area contributed by atoms with E-state index in [4.69, 9.17) is 0 Å². The molecule has 0 aliphatic heterocycles. The van der Waals surface area contributed by atoms with Gasteiger partial charge < -0.3 is 0 Å². The van der Waals surface area contributed by atoms with Crippen LogP contribution >= 0.6 is 0 Å². The lowest BCUT2D eigenvalue weighted by atomic mass is 9.83. The van der Waals surface area contributed by atoms with Crippen LogP contribution in [0.25, 0.3) is 21.5 Å². The van der Waals surface area contributed by atoms with Gasteiger partial charge in [0.25, 0.3) is 0 Å². The Balaban J connectivity index is 2.26. The summed E-state index contributed by atoms with van der Waals surface area (Å²) in [5, 5.41) is 5.60. The second-order valence-corrected chi connectivity index (χ2v) is 4.59. The fourth-order valence-corrected chi connectivity index (χ4v) is 2.81. The van der Waals surface area contributed by atoms with Crippen molar-refractivity contribution in [2.45, 2.75) is 12.8 Å². The van der Waals surface area contributed by atoms with Gasteiger partial charge in [-0.1, -0.05) is 48.5 Å². The molecule has 0 fully saturated rings. The molecule has 1 aliphatic carbocycles. The summed E-state index contributed by atoms with van der Waals surface area (Å²) in [6.07, 6.45) is 2.52. The average molecular weight is 204 g/mol. The third-order valence-electron chi connectivity index (χ3n) is 3.78. The van der Waals surface area contributed by atoms with Crippen LogP contribution in [0.4, 0.5) is 0 Å². The standard InChI is InChI=1S/C16H12/c1-2-4-13-11(3-1)6-9-16-14-8-5-12(14)7-10-15(13)16/h1-4,6-7,9-10H,5,8H2. The van der Waals surface area contributed by atoms with Crippen molar-refractivity contribution in [1.82, 2.24) is 0 Å². The van der Waals surface area contributed by atoms with E-state index >= 15 is 0 Å². The molecule has 0 saturated heterocycles. The summed E-state index contributed by atoms with van der Waals surface area (Å²) in [4.78, 5) is 0. The lowest BCUT2D eigenvalue weighted by molar-refractivity contribution is 0.852. The first-order valence-corrected chi connectivity index (χ1v) is 5.86. The molecule has 0 saturated carbocycles. The summed E-state index contributed by atoms with van der Waals surface area (Å²) in [7, 11) is 0. The summed E-state index contributed by atoms with van der Waals surface area (Å²) >= 11 is 0. The zero-order valence-electron chi connectivity index (χ0n) is 9.03. The molecule has 3 aromatic carbocycles. The topological polar surface area (TPSA) is 0 Å². The molecule has 0 bridgehead atoms. The van der Waals surface area contributed by atoms with Crippen LogP contribution in [0.1, 0.15) is 11.1 Å². The number of hydrogen-bond acceptors (Lipinski definition) is 0. The minimum atomic E-state index is 1.25.